The van der Waals surface area contributed by atoms with Crippen molar-refractivity contribution < 1.29 is 4.79 Å². The van der Waals surface area contributed by atoms with E-state index < -0.39 is 0 Å². The first-order chi connectivity index (χ1) is 12.5. The lowest BCUT2D eigenvalue weighted by Crippen LogP contribution is -2.29. The fraction of sp³-hybridized carbons (Fsp3) is 0.579. The summed E-state index contributed by atoms with van der Waals surface area (Å²) in [6.07, 6.45) is 4.98. The van der Waals surface area contributed by atoms with E-state index in [9.17, 15) is 9.59 Å². The third-order valence-electron chi connectivity index (χ3n) is 5.08. The molecule has 0 bridgehead atoms. The molecule has 0 unspecified atom stereocenters. The molecule has 0 radical (unpaired) electrons. The van der Waals surface area contributed by atoms with E-state index in [2.05, 4.69) is 20.6 Å². The SMILES string of the molecule is CCNc1nc(C)c2cc(CCC(=O)NC)c(=O)n(C3CCCC3)c2n1. The number of aromatic nitrogens is 3. The van der Waals surface area contributed by atoms with Crippen molar-refractivity contribution in [3.63, 3.8) is 0 Å². The summed E-state index contributed by atoms with van der Waals surface area (Å²) < 4.78 is 1.86. The molecule has 1 saturated carbocycles. The van der Waals surface area contributed by atoms with Gasteiger partial charge in [-0.15, -0.1) is 0 Å². The van der Waals surface area contributed by atoms with Gasteiger partial charge in [0.15, 0.2) is 0 Å². The summed E-state index contributed by atoms with van der Waals surface area (Å²) in [7, 11) is 1.61. The van der Waals surface area contributed by atoms with Gasteiger partial charge in [0.05, 0.1) is 5.69 Å². The monoisotopic (exact) mass is 357 g/mol. The Morgan fingerprint density at radius 3 is 2.69 bits per heavy atom. The molecule has 0 aromatic carbocycles. The molecule has 7 nitrogen and oxygen atoms in total. The van der Waals surface area contributed by atoms with Crippen LogP contribution in [0.25, 0.3) is 11.0 Å². The van der Waals surface area contributed by atoms with Gasteiger partial charge in [-0.1, -0.05) is 12.8 Å². The number of fused-ring (bicyclic) bond motifs is 1. The fourth-order valence-corrected chi connectivity index (χ4v) is 3.70. The van der Waals surface area contributed by atoms with Crippen LogP contribution in [0.3, 0.4) is 0 Å². The molecule has 2 N–H and O–H groups in total. The Balaban J connectivity index is 2.17. The minimum atomic E-state index is -0.0626. The van der Waals surface area contributed by atoms with Gasteiger partial charge in [-0.3, -0.25) is 14.2 Å². The lowest BCUT2D eigenvalue weighted by Gasteiger charge is -2.19. The predicted octanol–water partition coefficient (Wildman–Crippen LogP) is 2.33. The van der Waals surface area contributed by atoms with Crippen LogP contribution in [0.2, 0.25) is 0 Å². The number of aryl methyl sites for hydroxylation is 2. The average molecular weight is 357 g/mol. The van der Waals surface area contributed by atoms with Gasteiger partial charge in [-0.05, 0) is 39.2 Å². The molecule has 1 aliphatic carbocycles. The molecule has 1 amide bonds. The van der Waals surface area contributed by atoms with E-state index in [1.54, 1.807) is 7.05 Å². The van der Waals surface area contributed by atoms with E-state index >= 15 is 0 Å². The van der Waals surface area contributed by atoms with Crippen LogP contribution in [-0.2, 0) is 11.2 Å². The number of carbonyl (C=O) groups is 1. The second-order valence-corrected chi connectivity index (χ2v) is 6.86. The third kappa shape index (κ3) is 3.57. The molecule has 0 atom stereocenters. The molecular formula is C19H27N5O2. The van der Waals surface area contributed by atoms with Crippen molar-refractivity contribution >= 4 is 22.9 Å². The largest absolute Gasteiger partial charge is 0.359 e. The smallest absolute Gasteiger partial charge is 0.255 e. The number of amides is 1. The molecule has 140 valence electrons. The lowest BCUT2D eigenvalue weighted by molar-refractivity contribution is -0.120. The summed E-state index contributed by atoms with van der Waals surface area (Å²) in [5, 5.41) is 6.66. The molecule has 0 spiro atoms. The summed E-state index contributed by atoms with van der Waals surface area (Å²) in [5.41, 5.74) is 2.19. The number of rotatable bonds is 6. The van der Waals surface area contributed by atoms with Crippen LogP contribution in [0.5, 0.6) is 0 Å². The molecule has 2 aromatic heterocycles. The molecule has 1 fully saturated rings. The van der Waals surface area contributed by atoms with Gasteiger partial charge in [0, 0.05) is 37.0 Å². The lowest BCUT2D eigenvalue weighted by atomic mass is 10.1. The van der Waals surface area contributed by atoms with Gasteiger partial charge >= 0.3 is 0 Å². The molecule has 1 aliphatic rings. The highest BCUT2D eigenvalue weighted by atomic mass is 16.1. The Morgan fingerprint density at radius 1 is 1.31 bits per heavy atom. The van der Waals surface area contributed by atoms with Gasteiger partial charge in [0.1, 0.15) is 5.65 Å². The molecule has 3 rings (SSSR count). The van der Waals surface area contributed by atoms with Crippen molar-refractivity contribution in [2.75, 3.05) is 18.9 Å². The zero-order valence-electron chi connectivity index (χ0n) is 15.8. The first-order valence-corrected chi connectivity index (χ1v) is 9.42. The molecule has 7 heteroatoms. The van der Waals surface area contributed by atoms with Crippen LogP contribution in [0, 0.1) is 6.92 Å². The summed E-state index contributed by atoms with van der Waals surface area (Å²) in [5.74, 6) is 0.495. The second-order valence-electron chi connectivity index (χ2n) is 6.86. The fourth-order valence-electron chi connectivity index (χ4n) is 3.70. The van der Waals surface area contributed by atoms with Crippen LogP contribution in [-0.4, -0.2) is 34.0 Å². The van der Waals surface area contributed by atoms with Crippen molar-refractivity contribution in [2.45, 2.75) is 58.4 Å². The first kappa shape index (κ1) is 18.4. The van der Waals surface area contributed by atoms with E-state index in [-0.39, 0.29) is 17.5 Å². The van der Waals surface area contributed by atoms with Crippen LogP contribution in [0.4, 0.5) is 5.95 Å². The topological polar surface area (TPSA) is 88.9 Å². The predicted molar refractivity (Wildman–Crippen MR) is 103 cm³/mol. The van der Waals surface area contributed by atoms with Crippen molar-refractivity contribution in [3.05, 3.63) is 27.7 Å². The van der Waals surface area contributed by atoms with Gasteiger partial charge in [0.25, 0.3) is 5.56 Å². The van der Waals surface area contributed by atoms with Gasteiger partial charge < -0.3 is 10.6 Å². The number of carbonyl (C=O) groups excluding carboxylic acids is 1. The highest BCUT2D eigenvalue weighted by Gasteiger charge is 2.23. The zero-order valence-corrected chi connectivity index (χ0v) is 15.8. The first-order valence-electron chi connectivity index (χ1n) is 9.42. The molecule has 2 aromatic rings. The van der Waals surface area contributed by atoms with E-state index in [1.165, 1.54) is 0 Å². The number of nitrogens with zero attached hydrogens (tertiary/aromatic N) is 3. The van der Waals surface area contributed by atoms with Gasteiger partial charge in [-0.2, -0.15) is 4.98 Å². The van der Waals surface area contributed by atoms with Crippen LogP contribution in [0.1, 0.15) is 56.3 Å². The Hall–Kier alpha value is -2.44. The molecule has 26 heavy (non-hydrogen) atoms. The summed E-state index contributed by atoms with van der Waals surface area (Å²) in [4.78, 5) is 34.0. The molecular weight excluding hydrogens is 330 g/mol. The second kappa shape index (κ2) is 7.85. The minimum Gasteiger partial charge on any atom is -0.359 e. The number of nitrogens with one attached hydrogen (secondary N) is 2. The highest BCUT2D eigenvalue weighted by Crippen LogP contribution is 2.31. The third-order valence-corrected chi connectivity index (χ3v) is 5.08. The van der Waals surface area contributed by atoms with Crippen molar-refractivity contribution in [1.29, 1.82) is 0 Å². The number of anilines is 1. The number of pyridine rings is 1. The van der Waals surface area contributed by atoms with Crippen LogP contribution >= 0.6 is 0 Å². The quantitative estimate of drug-likeness (QED) is 0.828. The Bertz CT molecular complexity index is 868. The van der Waals surface area contributed by atoms with E-state index in [1.807, 2.05) is 24.5 Å². The standard InChI is InChI=1S/C19H27N5O2/c1-4-21-19-22-12(2)15-11-13(9-10-16(25)20-3)18(26)24(17(15)23-19)14-7-5-6-8-14/h11,14H,4-10H2,1-3H3,(H,20,25)(H,21,22,23). The van der Waals surface area contributed by atoms with E-state index in [0.29, 0.717) is 30.0 Å². The van der Waals surface area contributed by atoms with Crippen LogP contribution < -0.4 is 16.2 Å². The maximum atomic E-state index is 13.2. The van der Waals surface area contributed by atoms with E-state index in [4.69, 9.17) is 0 Å². The Morgan fingerprint density at radius 2 is 2.04 bits per heavy atom. The molecule has 0 aliphatic heterocycles. The average Bonchev–Trinajstić information content (AvgIpc) is 3.14. The number of hydrogen-bond acceptors (Lipinski definition) is 5. The Kier molecular flexibility index (Phi) is 5.54. The number of hydrogen-bond donors (Lipinski definition) is 2. The maximum Gasteiger partial charge on any atom is 0.255 e. The highest BCUT2D eigenvalue weighted by molar-refractivity contribution is 5.80. The zero-order chi connectivity index (χ0) is 18.7. The maximum absolute atomic E-state index is 13.2. The normalized spacial score (nSPS) is 14.7. The molecule has 0 saturated heterocycles. The van der Waals surface area contributed by atoms with Crippen molar-refractivity contribution in [1.82, 2.24) is 19.9 Å². The molecule has 2 heterocycles. The van der Waals surface area contributed by atoms with Crippen LogP contribution in [0.15, 0.2) is 10.9 Å². The van der Waals surface area contributed by atoms with Gasteiger partial charge in [-0.25, -0.2) is 4.98 Å². The Labute approximate surface area is 153 Å². The van der Waals surface area contributed by atoms with Gasteiger partial charge in [0.2, 0.25) is 11.9 Å². The minimum absolute atomic E-state index is 0.0196. The summed E-state index contributed by atoms with van der Waals surface area (Å²) in [6.45, 7) is 4.66. The van der Waals surface area contributed by atoms with Crippen molar-refractivity contribution in [3.8, 4) is 0 Å². The summed E-state index contributed by atoms with van der Waals surface area (Å²) in [6, 6.07) is 2.05. The van der Waals surface area contributed by atoms with E-state index in [0.717, 1.165) is 43.3 Å². The van der Waals surface area contributed by atoms with Crippen molar-refractivity contribution in [2.24, 2.45) is 0 Å². The summed E-state index contributed by atoms with van der Waals surface area (Å²) >= 11 is 0.